The third-order valence-corrected chi connectivity index (χ3v) is 2.55. The van der Waals surface area contributed by atoms with Crippen molar-refractivity contribution in [2.75, 3.05) is 0 Å². The van der Waals surface area contributed by atoms with E-state index >= 15 is 0 Å². The van der Waals surface area contributed by atoms with Gasteiger partial charge in [0.1, 0.15) is 5.15 Å². The zero-order valence-electron chi connectivity index (χ0n) is 10.3. The third-order valence-electron chi connectivity index (χ3n) is 2.33. The summed E-state index contributed by atoms with van der Waals surface area (Å²) >= 11 is 5.74. The lowest BCUT2D eigenvalue weighted by molar-refractivity contribution is -0.141. The molecule has 0 saturated heterocycles. The van der Waals surface area contributed by atoms with Crippen LogP contribution in [0.15, 0.2) is 47.9 Å². The van der Waals surface area contributed by atoms with E-state index in [1.807, 2.05) is 29.0 Å². The van der Waals surface area contributed by atoms with Crippen molar-refractivity contribution in [3.05, 3.63) is 58.9 Å². The summed E-state index contributed by atoms with van der Waals surface area (Å²) in [6.45, 7) is 1.87. The molecule has 0 aliphatic carbocycles. The molecule has 0 N–H and O–H groups in total. The Bertz CT molecular complexity index is 635. The number of carbonyl (C=O) groups is 1. The summed E-state index contributed by atoms with van der Waals surface area (Å²) in [5, 5.41) is 4.24. The van der Waals surface area contributed by atoms with E-state index in [1.165, 1.54) is 6.92 Å². The third kappa shape index (κ3) is 3.93. The van der Waals surface area contributed by atoms with Crippen molar-refractivity contribution < 1.29 is 9.63 Å². The van der Waals surface area contributed by atoms with Gasteiger partial charge in [-0.05, 0) is 23.8 Å². The van der Waals surface area contributed by atoms with Crippen LogP contribution in [-0.2, 0) is 16.2 Å². The van der Waals surface area contributed by atoms with Gasteiger partial charge < -0.3 is 9.40 Å². The fourth-order valence-corrected chi connectivity index (χ4v) is 1.60. The molecule has 0 spiro atoms. The Morgan fingerprint density at radius 3 is 2.95 bits per heavy atom. The molecular formula is C13H12ClN3O2. The zero-order valence-corrected chi connectivity index (χ0v) is 11.0. The second-order valence-electron chi connectivity index (χ2n) is 3.85. The maximum atomic E-state index is 10.8. The van der Waals surface area contributed by atoms with E-state index in [0.29, 0.717) is 17.2 Å². The largest absolute Gasteiger partial charge is 0.332 e. The van der Waals surface area contributed by atoms with Gasteiger partial charge >= 0.3 is 5.97 Å². The average Bonchev–Trinajstić information content (AvgIpc) is 2.40. The molecule has 6 heteroatoms. The van der Waals surface area contributed by atoms with Gasteiger partial charge in [-0.2, -0.15) is 0 Å². The molecule has 0 amide bonds. The van der Waals surface area contributed by atoms with Crippen LogP contribution in [0.3, 0.4) is 0 Å². The minimum atomic E-state index is -0.455. The fourth-order valence-electron chi connectivity index (χ4n) is 1.49. The molecule has 0 aliphatic rings. The summed E-state index contributed by atoms with van der Waals surface area (Å²) < 4.78 is 1.84. The van der Waals surface area contributed by atoms with Crippen LogP contribution in [0.25, 0.3) is 0 Å². The van der Waals surface area contributed by atoms with Gasteiger partial charge in [-0.15, -0.1) is 0 Å². The Hall–Kier alpha value is -2.14. The van der Waals surface area contributed by atoms with Crippen molar-refractivity contribution in [1.29, 1.82) is 0 Å². The monoisotopic (exact) mass is 277 g/mol. The maximum Gasteiger partial charge on any atom is 0.332 e. The van der Waals surface area contributed by atoms with Gasteiger partial charge in [0.15, 0.2) is 5.49 Å². The van der Waals surface area contributed by atoms with E-state index < -0.39 is 5.97 Å². The van der Waals surface area contributed by atoms with Crippen LogP contribution < -0.4 is 5.49 Å². The number of halogens is 1. The minimum Gasteiger partial charge on any atom is -0.326 e. The minimum absolute atomic E-state index is 0.451. The second kappa shape index (κ2) is 6.15. The van der Waals surface area contributed by atoms with Crippen LogP contribution in [0.2, 0.25) is 5.15 Å². The number of rotatable bonds is 3. The molecule has 0 saturated carbocycles. The number of hydrogen-bond acceptors (Lipinski definition) is 4. The fraction of sp³-hybridized carbons (Fsp3) is 0.154. The molecule has 2 heterocycles. The molecule has 0 fully saturated rings. The number of pyridine rings is 2. The highest BCUT2D eigenvalue weighted by atomic mass is 35.5. The van der Waals surface area contributed by atoms with E-state index in [9.17, 15) is 4.79 Å². The summed E-state index contributed by atoms with van der Waals surface area (Å²) in [6, 6.07) is 9.05. The second-order valence-corrected chi connectivity index (χ2v) is 4.24. The van der Waals surface area contributed by atoms with Crippen LogP contribution in [0.4, 0.5) is 0 Å². The first-order valence-electron chi connectivity index (χ1n) is 5.62. The average molecular weight is 278 g/mol. The van der Waals surface area contributed by atoms with Crippen LogP contribution in [0, 0.1) is 0 Å². The van der Waals surface area contributed by atoms with Crippen molar-refractivity contribution in [2.24, 2.45) is 5.16 Å². The Morgan fingerprint density at radius 2 is 2.26 bits per heavy atom. The molecule has 19 heavy (non-hydrogen) atoms. The van der Waals surface area contributed by atoms with Gasteiger partial charge in [-0.3, -0.25) is 0 Å². The van der Waals surface area contributed by atoms with Crippen molar-refractivity contribution in [3.8, 4) is 0 Å². The first-order valence-corrected chi connectivity index (χ1v) is 6.00. The predicted molar refractivity (Wildman–Crippen MR) is 70.1 cm³/mol. The van der Waals surface area contributed by atoms with E-state index in [4.69, 9.17) is 11.6 Å². The summed E-state index contributed by atoms with van der Waals surface area (Å²) in [7, 11) is 0. The molecule has 2 rings (SSSR count). The van der Waals surface area contributed by atoms with Crippen molar-refractivity contribution >= 4 is 17.6 Å². The van der Waals surface area contributed by atoms with Gasteiger partial charge in [0.2, 0.25) is 0 Å². The van der Waals surface area contributed by atoms with Gasteiger partial charge in [0.25, 0.3) is 0 Å². The van der Waals surface area contributed by atoms with Crippen LogP contribution in [-0.4, -0.2) is 15.5 Å². The highest BCUT2D eigenvalue weighted by molar-refractivity contribution is 6.29. The molecular weight excluding hydrogens is 266 g/mol. The number of carbonyl (C=O) groups excluding carboxylic acids is 1. The van der Waals surface area contributed by atoms with E-state index in [0.717, 1.165) is 5.56 Å². The molecule has 0 bridgehead atoms. The summed E-state index contributed by atoms with van der Waals surface area (Å²) in [5.41, 5.74) is 1.52. The number of nitrogens with zero attached hydrogens (tertiary/aromatic N) is 3. The Kier molecular flexibility index (Phi) is 4.30. The van der Waals surface area contributed by atoms with Gasteiger partial charge in [0, 0.05) is 19.3 Å². The van der Waals surface area contributed by atoms with Crippen molar-refractivity contribution in [2.45, 2.75) is 13.5 Å². The molecule has 98 valence electrons. The van der Waals surface area contributed by atoms with Gasteiger partial charge in [-0.1, -0.05) is 28.9 Å². The quantitative estimate of drug-likeness (QED) is 0.490. The van der Waals surface area contributed by atoms with Crippen molar-refractivity contribution in [1.82, 2.24) is 9.55 Å². The molecule has 0 radical (unpaired) electrons. The zero-order chi connectivity index (χ0) is 13.7. The molecule has 0 aromatic carbocycles. The lowest BCUT2D eigenvalue weighted by Crippen LogP contribution is -2.21. The summed E-state index contributed by atoms with van der Waals surface area (Å²) in [6.07, 6.45) is 3.54. The first kappa shape index (κ1) is 13.3. The lowest BCUT2D eigenvalue weighted by Gasteiger charge is -2.06. The maximum absolute atomic E-state index is 10.8. The van der Waals surface area contributed by atoms with Crippen LogP contribution in [0.1, 0.15) is 12.5 Å². The number of hydrogen-bond donors (Lipinski definition) is 0. The highest BCUT2D eigenvalue weighted by Gasteiger charge is 1.98. The topological polar surface area (TPSA) is 56.5 Å². The van der Waals surface area contributed by atoms with E-state index in [1.54, 1.807) is 18.3 Å². The molecule has 2 aromatic rings. The van der Waals surface area contributed by atoms with E-state index in [-0.39, 0.29) is 0 Å². The summed E-state index contributed by atoms with van der Waals surface area (Å²) in [5.74, 6) is -0.455. The number of aromatic nitrogens is 2. The first-order chi connectivity index (χ1) is 9.15. The normalized spacial score (nSPS) is 11.4. The summed E-state index contributed by atoms with van der Waals surface area (Å²) in [4.78, 5) is 19.4. The Morgan fingerprint density at radius 1 is 1.42 bits per heavy atom. The molecule has 5 nitrogen and oxygen atoms in total. The SMILES string of the molecule is CC(=O)O/N=c1/ccccn1Cc1ccc(Cl)nc1. The molecule has 0 atom stereocenters. The smallest absolute Gasteiger partial charge is 0.326 e. The van der Waals surface area contributed by atoms with Crippen LogP contribution >= 0.6 is 11.6 Å². The molecule has 0 unspecified atom stereocenters. The predicted octanol–water partition coefficient (Wildman–Crippen LogP) is 1.96. The van der Waals surface area contributed by atoms with Gasteiger partial charge in [0.05, 0.1) is 6.54 Å². The highest BCUT2D eigenvalue weighted by Crippen LogP contribution is 2.05. The Labute approximate surface area is 115 Å². The standard InChI is InChI=1S/C13H12ClN3O2/c1-10(18)19-16-13-4-2-3-7-17(13)9-11-5-6-12(14)15-8-11/h2-8H,9H2,1H3/b16-13-. The molecule has 2 aromatic heterocycles. The Balaban J connectivity index is 2.27. The van der Waals surface area contributed by atoms with Gasteiger partial charge in [-0.25, -0.2) is 9.78 Å². The van der Waals surface area contributed by atoms with E-state index in [2.05, 4.69) is 15.0 Å². The van der Waals surface area contributed by atoms with Crippen LogP contribution in [0.5, 0.6) is 0 Å². The lowest BCUT2D eigenvalue weighted by atomic mass is 10.3. The van der Waals surface area contributed by atoms with Crippen molar-refractivity contribution in [3.63, 3.8) is 0 Å². The molecule has 0 aliphatic heterocycles.